The summed E-state index contributed by atoms with van der Waals surface area (Å²) in [6, 6.07) is 8.33. The van der Waals surface area contributed by atoms with Crippen molar-refractivity contribution in [2.24, 2.45) is 5.73 Å². The first-order valence-corrected chi connectivity index (χ1v) is 6.76. The van der Waals surface area contributed by atoms with Gasteiger partial charge in [-0.25, -0.2) is 0 Å². The van der Waals surface area contributed by atoms with Gasteiger partial charge in [0.1, 0.15) is 5.58 Å². The molecule has 2 atom stereocenters. The van der Waals surface area contributed by atoms with E-state index >= 15 is 0 Å². The number of para-hydroxylation sites is 1. The fraction of sp³-hybridized carbons (Fsp3) is 0.467. The van der Waals surface area contributed by atoms with E-state index < -0.39 is 0 Å². The van der Waals surface area contributed by atoms with E-state index in [-0.39, 0.29) is 6.04 Å². The molecule has 1 saturated heterocycles. The van der Waals surface area contributed by atoms with E-state index in [2.05, 4.69) is 11.0 Å². The smallest absolute Gasteiger partial charge is 0.134 e. The highest BCUT2D eigenvalue weighted by atomic mass is 16.5. The first kappa shape index (κ1) is 12.7. The second-order valence-corrected chi connectivity index (χ2v) is 5.08. The van der Waals surface area contributed by atoms with Crippen LogP contribution in [0.15, 0.2) is 34.9 Å². The Morgan fingerprint density at radius 2 is 2.32 bits per heavy atom. The molecule has 4 heteroatoms. The van der Waals surface area contributed by atoms with Gasteiger partial charge in [-0.2, -0.15) is 0 Å². The maximum atomic E-state index is 6.00. The van der Waals surface area contributed by atoms with Gasteiger partial charge >= 0.3 is 0 Å². The number of furan rings is 1. The van der Waals surface area contributed by atoms with Crippen molar-refractivity contribution in [3.05, 3.63) is 36.1 Å². The lowest BCUT2D eigenvalue weighted by atomic mass is 10.0. The molecule has 2 N–H and O–H groups in total. The third kappa shape index (κ3) is 2.27. The highest BCUT2D eigenvalue weighted by Crippen LogP contribution is 2.31. The molecule has 1 aromatic carbocycles. The van der Waals surface area contributed by atoms with Crippen LogP contribution in [0.4, 0.5) is 0 Å². The molecule has 0 saturated carbocycles. The Labute approximate surface area is 113 Å². The Kier molecular flexibility index (Phi) is 3.55. The number of fused-ring (bicyclic) bond motifs is 1. The summed E-state index contributed by atoms with van der Waals surface area (Å²) in [5.74, 6) is 0. The van der Waals surface area contributed by atoms with E-state index in [9.17, 15) is 0 Å². The topological polar surface area (TPSA) is 51.6 Å². The molecule has 1 fully saturated rings. The normalized spacial score (nSPS) is 22.1. The molecule has 0 aliphatic carbocycles. The van der Waals surface area contributed by atoms with Crippen LogP contribution >= 0.6 is 0 Å². The summed E-state index contributed by atoms with van der Waals surface area (Å²) in [5.41, 5.74) is 8.12. The van der Waals surface area contributed by atoms with Crippen molar-refractivity contribution < 1.29 is 9.15 Å². The van der Waals surface area contributed by atoms with Gasteiger partial charge in [0.15, 0.2) is 0 Å². The highest BCUT2D eigenvalue weighted by Gasteiger charge is 2.29. The van der Waals surface area contributed by atoms with Gasteiger partial charge in [0, 0.05) is 37.7 Å². The van der Waals surface area contributed by atoms with Crippen LogP contribution in [0.5, 0.6) is 0 Å². The van der Waals surface area contributed by atoms with Crippen LogP contribution in [0.25, 0.3) is 11.0 Å². The molecule has 3 rings (SSSR count). The molecule has 4 nitrogen and oxygen atoms in total. The zero-order valence-electron chi connectivity index (χ0n) is 11.2. The van der Waals surface area contributed by atoms with E-state index in [1.165, 1.54) is 10.9 Å². The number of hydrogen-bond donors (Lipinski definition) is 1. The van der Waals surface area contributed by atoms with Crippen molar-refractivity contribution >= 4 is 11.0 Å². The highest BCUT2D eigenvalue weighted by molar-refractivity contribution is 5.81. The number of rotatable bonds is 4. The van der Waals surface area contributed by atoms with Gasteiger partial charge in [0.05, 0.1) is 18.4 Å². The zero-order valence-corrected chi connectivity index (χ0v) is 11.2. The zero-order chi connectivity index (χ0) is 13.2. The fourth-order valence-corrected chi connectivity index (χ4v) is 2.96. The maximum Gasteiger partial charge on any atom is 0.134 e. The summed E-state index contributed by atoms with van der Waals surface area (Å²) in [6.07, 6.45) is 3.25. The molecule has 19 heavy (non-hydrogen) atoms. The van der Waals surface area contributed by atoms with Gasteiger partial charge in [0.2, 0.25) is 0 Å². The van der Waals surface area contributed by atoms with Gasteiger partial charge in [0.25, 0.3) is 0 Å². The minimum atomic E-state index is 0.212. The predicted molar refractivity (Wildman–Crippen MR) is 75.0 cm³/mol. The summed E-state index contributed by atoms with van der Waals surface area (Å²) in [5, 5.41) is 1.17. The minimum absolute atomic E-state index is 0.212. The average Bonchev–Trinajstić information content (AvgIpc) is 3.07. The number of methoxy groups -OCH3 is 1. The van der Waals surface area contributed by atoms with E-state index in [1.807, 2.05) is 24.5 Å². The van der Waals surface area contributed by atoms with Crippen molar-refractivity contribution in [2.45, 2.75) is 18.6 Å². The summed E-state index contributed by atoms with van der Waals surface area (Å²) in [4.78, 5) is 2.39. The Balaban J connectivity index is 1.90. The second kappa shape index (κ2) is 5.33. The maximum absolute atomic E-state index is 6.00. The number of hydrogen-bond acceptors (Lipinski definition) is 4. The van der Waals surface area contributed by atoms with Crippen molar-refractivity contribution in [2.75, 3.05) is 26.7 Å². The Hall–Kier alpha value is -1.36. The Morgan fingerprint density at radius 1 is 1.47 bits per heavy atom. The summed E-state index contributed by atoms with van der Waals surface area (Å²) in [7, 11) is 1.78. The number of ether oxygens (including phenoxy) is 1. The number of likely N-dealkylation sites (tertiary alicyclic amines) is 1. The molecule has 0 radical (unpaired) electrons. The number of nitrogens with zero attached hydrogens (tertiary/aromatic N) is 1. The van der Waals surface area contributed by atoms with E-state index in [0.717, 1.165) is 25.1 Å². The van der Waals surface area contributed by atoms with Crippen LogP contribution in [0.1, 0.15) is 18.0 Å². The lowest BCUT2D eigenvalue weighted by Gasteiger charge is -2.25. The van der Waals surface area contributed by atoms with Crippen LogP contribution in [0.3, 0.4) is 0 Å². The lowest BCUT2D eigenvalue weighted by Crippen LogP contribution is -2.32. The molecule has 1 aliphatic rings. The monoisotopic (exact) mass is 260 g/mol. The average molecular weight is 260 g/mol. The van der Waals surface area contributed by atoms with Crippen molar-refractivity contribution in [3.8, 4) is 0 Å². The SMILES string of the molecule is COC1CCN(C(CN)c2coc3ccccc23)C1. The molecule has 1 aromatic heterocycles. The van der Waals surface area contributed by atoms with Gasteiger partial charge in [-0.3, -0.25) is 4.90 Å². The molecule has 2 heterocycles. The summed E-state index contributed by atoms with van der Waals surface area (Å²) >= 11 is 0. The Bertz CT molecular complexity index is 552. The Morgan fingerprint density at radius 3 is 3.05 bits per heavy atom. The first-order chi connectivity index (χ1) is 9.33. The van der Waals surface area contributed by atoms with E-state index in [0.29, 0.717) is 12.6 Å². The largest absolute Gasteiger partial charge is 0.464 e. The van der Waals surface area contributed by atoms with Gasteiger partial charge < -0.3 is 14.9 Å². The third-order valence-corrected chi connectivity index (χ3v) is 4.04. The van der Waals surface area contributed by atoms with Crippen molar-refractivity contribution in [1.82, 2.24) is 4.90 Å². The molecule has 0 amide bonds. The van der Waals surface area contributed by atoms with Crippen LogP contribution < -0.4 is 5.73 Å². The van der Waals surface area contributed by atoms with Crippen molar-refractivity contribution in [1.29, 1.82) is 0 Å². The number of nitrogens with two attached hydrogens (primary N) is 1. The standard InChI is InChI=1S/C15H20N2O2/c1-18-11-6-7-17(9-11)14(8-16)13-10-19-15-5-3-2-4-12(13)15/h2-5,10-11,14H,6-9,16H2,1H3. The van der Waals surface area contributed by atoms with Gasteiger partial charge in [-0.1, -0.05) is 18.2 Å². The molecular weight excluding hydrogens is 240 g/mol. The molecule has 2 unspecified atom stereocenters. The quantitative estimate of drug-likeness (QED) is 0.915. The number of benzene rings is 1. The van der Waals surface area contributed by atoms with Gasteiger partial charge in [-0.15, -0.1) is 0 Å². The van der Waals surface area contributed by atoms with E-state index in [4.69, 9.17) is 14.9 Å². The van der Waals surface area contributed by atoms with Crippen LogP contribution in [0, 0.1) is 0 Å². The fourth-order valence-electron chi connectivity index (χ4n) is 2.96. The van der Waals surface area contributed by atoms with Gasteiger partial charge in [-0.05, 0) is 12.5 Å². The molecule has 0 spiro atoms. The minimum Gasteiger partial charge on any atom is -0.464 e. The first-order valence-electron chi connectivity index (χ1n) is 6.76. The molecule has 102 valence electrons. The third-order valence-electron chi connectivity index (χ3n) is 4.04. The predicted octanol–water partition coefficient (Wildman–Crippen LogP) is 2.15. The second-order valence-electron chi connectivity index (χ2n) is 5.08. The molecule has 2 aromatic rings. The summed E-state index contributed by atoms with van der Waals surface area (Å²) < 4.78 is 11.1. The molecular formula is C15H20N2O2. The van der Waals surface area contributed by atoms with E-state index in [1.54, 1.807) is 7.11 Å². The van der Waals surface area contributed by atoms with Crippen LogP contribution in [-0.4, -0.2) is 37.7 Å². The lowest BCUT2D eigenvalue weighted by molar-refractivity contribution is 0.101. The molecule has 0 bridgehead atoms. The van der Waals surface area contributed by atoms with Crippen LogP contribution in [0.2, 0.25) is 0 Å². The molecule has 1 aliphatic heterocycles. The summed E-state index contributed by atoms with van der Waals surface area (Å²) in [6.45, 7) is 2.57. The van der Waals surface area contributed by atoms with Crippen LogP contribution in [-0.2, 0) is 4.74 Å². The van der Waals surface area contributed by atoms with Crippen molar-refractivity contribution in [3.63, 3.8) is 0 Å².